The van der Waals surface area contributed by atoms with Gasteiger partial charge >= 0.3 is 0 Å². The lowest BCUT2D eigenvalue weighted by Crippen LogP contribution is -2.13. The average molecular weight is 428 g/mol. The molecule has 1 amide bonds. The van der Waals surface area contributed by atoms with Crippen LogP contribution in [-0.2, 0) is 5.41 Å². The van der Waals surface area contributed by atoms with Crippen molar-refractivity contribution in [2.75, 3.05) is 10.6 Å². The predicted molar refractivity (Wildman–Crippen MR) is 123 cm³/mol. The van der Waals surface area contributed by atoms with Crippen LogP contribution in [0.4, 0.5) is 17.3 Å². The van der Waals surface area contributed by atoms with Crippen LogP contribution in [0.25, 0.3) is 11.3 Å². The summed E-state index contributed by atoms with van der Waals surface area (Å²) < 4.78 is 5.35. The van der Waals surface area contributed by atoms with Crippen molar-refractivity contribution in [3.8, 4) is 11.3 Å². The molecule has 0 bridgehead atoms. The van der Waals surface area contributed by atoms with E-state index >= 15 is 0 Å². The highest BCUT2D eigenvalue weighted by Crippen LogP contribution is 2.29. The summed E-state index contributed by atoms with van der Waals surface area (Å²) in [7, 11) is 0. The van der Waals surface area contributed by atoms with Gasteiger partial charge in [-0.15, -0.1) is 0 Å². The van der Waals surface area contributed by atoms with E-state index in [1.165, 1.54) is 6.33 Å². The highest BCUT2D eigenvalue weighted by Gasteiger charge is 2.21. The minimum atomic E-state index is -0.279. The molecule has 32 heavy (non-hydrogen) atoms. The lowest BCUT2D eigenvalue weighted by molar-refractivity contribution is 0.102. The number of anilines is 3. The van der Waals surface area contributed by atoms with Crippen LogP contribution in [0.3, 0.4) is 0 Å². The Kier molecular flexibility index (Phi) is 5.68. The fourth-order valence-electron chi connectivity index (χ4n) is 3.06. The number of benzene rings is 1. The zero-order valence-electron chi connectivity index (χ0n) is 18.4. The number of hydrogen-bond acceptors (Lipinski definition) is 7. The molecule has 1 aromatic carbocycles. The second kappa shape index (κ2) is 8.58. The molecule has 3 heterocycles. The largest absolute Gasteiger partial charge is 0.359 e. The fraction of sp³-hybridized carbons (Fsp3) is 0.208. The molecule has 0 atom stereocenters. The highest BCUT2D eigenvalue weighted by atomic mass is 16.5. The molecule has 2 N–H and O–H groups in total. The zero-order valence-corrected chi connectivity index (χ0v) is 18.4. The molecule has 8 nitrogen and oxygen atoms in total. The van der Waals surface area contributed by atoms with Crippen molar-refractivity contribution < 1.29 is 9.32 Å². The predicted octanol–water partition coefficient (Wildman–Crippen LogP) is 5.13. The first kappa shape index (κ1) is 21.2. The van der Waals surface area contributed by atoms with Crippen LogP contribution >= 0.6 is 0 Å². The number of carbonyl (C=O) groups excluding carboxylic acids is 1. The fourth-order valence-corrected chi connectivity index (χ4v) is 3.06. The monoisotopic (exact) mass is 428 g/mol. The Labute approximate surface area is 186 Å². The van der Waals surface area contributed by atoms with E-state index in [1.807, 2.05) is 52.0 Å². The first-order valence-electron chi connectivity index (χ1n) is 10.2. The van der Waals surface area contributed by atoms with E-state index in [0.717, 1.165) is 22.5 Å². The summed E-state index contributed by atoms with van der Waals surface area (Å²) in [6.07, 6.45) is 4.89. The van der Waals surface area contributed by atoms with Gasteiger partial charge in [0.25, 0.3) is 5.91 Å². The number of pyridine rings is 1. The van der Waals surface area contributed by atoms with Gasteiger partial charge in [-0.2, -0.15) is 0 Å². The molecule has 0 aliphatic rings. The summed E-state index contributed by atoms with van der Waals surface area (Å²) in [6, 6.07) is 12.8. The van der Waals surface area contributed by atoms with Crippen molar-refractivity contribution in [2.24, 2.45) is 0 Å². The smallest absolute Gasteiger partial charge is 0.256 e. The Balaban J connectivity index is 1.58. The van der Waals surface area contributed by atoms with Gasteiger partial charge in [0.05, 0.1) is 5.69 Å². The maximum absolute atomic E-state index is 12.8. The number of rotatable bonds is 5. The molecular weight excluding hydrogens is 404 g/mol. The van der Waals surface area contributed by atoms with Gasteiger partial charge in [0, 0.05) is 40.7 Å². The number of carbonyl (C=O) groups is 1. The molecule has 0 aliphatic carbocycles. The van der Waals surface area contributed by atoms with Crippen molar-refractivity contribution in [1.29, 1.82) is 0 Å². The van der Waals surface area contributed by atoms with Gasteiger partial charge in [0.15, 0.2) is 5.82 Å². The van der Waals surface area contributed by atoms with Crippen molar-refractivity contribution in [2.45, 2.75) is 33.1 Å². The van der Waals surface area contributed by atoms with Crippen molar-refractivity contribution in [1.82, 2.24) is 20.1 Å². The van der Waals surface area contributed by atoms with E-state index in [4.69, 9.17) is 4.52 Å². The third-order valence-corrected chi connectivity index (χ3v) is 4.91. The number of aromatic nitrogens is 4. The van der Waals surface area contributed by atoms with Gasteiger partial charge in [0.1, 0.15) is 17.9 Å². The van der Waals surface area contributed by atoms with E-state index in [-0.39, 0.29) is 11.3 Å². The summed E-state index contributed by atoms with van der Waals surface area (Å²) >= 11 is 0. The van der Waals surface area contributed by atoms with Crippen LogP contribution in [0.5, 0.6) is 0 Å². The lowest BCUT2D eigenvalue weighted by Gasteiger charge is -2.13. The summed E-state index contributed by atoms with van der Waals surface area (Å²) in [4.78, 5) is 25.6. The number of nitrogens with zero attached hydrogens (tertiary/aromatic N) is 4. The van der Waals surface area contributed by atoms with E-state index in [0.29, 0.717) is 23.0 Å². The molecule has 4 aromatic rings. The summed E-state index contributed by atoms with van der Waals surface area (Å²) in [6.45, 7) is 8.02. The third-order valence-electron chi connectivity index (χ3n) is 4.91. The SMILES string of the molecule is Cc1ccc(C(=O)Nc2cc(C(C)(C)C)on2)cc1Nc1ncccc1-c1ccncn1. The lowest BCUT2D eigenvalue weighted by atomic mass is 9.93. The van der Waals surface area contributed by atoms with Gasteiger partial charge in [-0.25, -0.2) is 15.0 Å². The van der Waals surface area contributed by atoms with Crippen molar-refractivity contribution in [3.05, 3.63) is 78.1 Å². The molecule has 8 heteroatoms. The number of hydrogen-bond donors (Lipinski definition) is 2. The van der Waals surface area contributed by atoms with Gasteiger partial charge in [0.2, 0.25) is 0 Å². The molecule has 0 aliphatic heterocycles. The summed E-state index contributed by atoms with van der Waals surface area (Å²) in [5, 5.41) is 10.1. The topological polar surface area (TPSA) is 106 Å². The molecule has 0 radical (unpaired) electrons. The standard InChI is InChI=1S/C24H24N6O2/c1-15-7-8-16(23(31)29-21-13-20(32-30-21)24(2,3)4)12-19(15)28-22-17(6-5-10-26-22)18-9-11-25-14-27-18/h5-14H,1-4H3,(H,26,28)(H,29,30,31). The molecule has 162 valence electrons. The van der Waals surface area contributed by atoms with Crippen LogP contribution in [-0.4, -0.2) is 26.0 Å². The second-order valence-electron chi connectivity index (χ2n) is 8.43. The average Bonchev–Trinajstić information content (AvgIpc) is 3.25. The molecule has 0 saturated carbocycles. The molecule has 0 spiro atoms. The maximum atomic E-state index is 12.8. The number of nitrogens with one attached hydrogen (secondary N) is 2. The van der Waals surface area contributed by atoms with Gasteiger partial charge in [-0.3, -0.25) is 4.79 Å². The summed E-state index contributed by atoms with van der Waals surface area (Å²) in [5.41, 5.74) is 3.61. The molecular formula is C24H24N6O2. The van der Waals surface area contributed by atoms with Crippen molar-refractivity contribution in [3.63, 3.8) is 0 Å². The normalized spacial score (nSPS) is 11.2. The van der Waals surface area contributed by atoms with Gasteiger partial charge in [-0.1, -0.05) is 32.0 Å². The molecule has 0 fully saturated rings. The van der Waals surface area contributed by atoms with Crippen LogP contribution < -0.4 is 10.6 Å². The van der Waals surface area contributed by atoms with Crippen molar-refractivity contribution >= 4 is 23.2 Å². The molecule has 3 aromatic heterocycles. The van der Waals surface area contributed by atoms with Crippen LogP contribution in [0.2, 0.25) is 0 Å². The Hall–Kier alpha value is -4.07. The van der Waals surface area contributed by atoms with E-state index < -0.39 is 0 Å². The van der Waals surface area contributed by atoms with Crippen LogP contribution in [0.15, 0.2) is 65.7 Å². The first-order chi connectivity index (χ1) is 15.3. The Morgan fingerprint density at radius 3 is 2.59 bits per heavy atom. The molecule has 0 unspecified atom stereocenters. The minimum Gasteiger partial charge on any atom is -0.359 e. The minimum absolute atomic E-state index is 0.193. The maximum Gasteiger partial charge on any atom is 0.256 e. The van der Waals surface area contributed by atoms with Crippen LogP contribution in [0.1, 0.15) is 42.5 Å². The highest BCUT2D eigenvalue weighted by molar-refractivity contribution is 6.04. The second-order valence-corrected chi connectivity index (χ2v) is 8.43. The van der Waals surface area contributed by atoms with E-state index in [2.05, 4.69) is 30.7 Å². The van der Waals surface area contributed by atoms with Gasteiger partial charge < -0.3 is 15.2 Å². The zero-order chi connectivity index (χ0) is 22.7. The van der Waals surface area contributed by atoms with E-state index in [1.54, 1.807) is 30.6 Å². The molecule has 4 rings (SSSR count). The number of aryl methyl sites for hydroxylation is 1. The Morgan fingerprint density at radius 1 is 1.03 bits per heavy atom. The van der Waals surface area contributed by atoms with Crippen LogP contribution in [0, 0.1) is 6.92 Å². The summed E-state index contributed by atoms with van der Waals surface area (Å²) in [5.74, 6) is 1.44. The number of amides is 1. The Morgan fingerprint density at radius 2 is 1.88 bits per heavy atom. The first-order valence-corrected chi connectivity index (χ1v) is 10.2. The quantitative estimate of drug-likeness (QED) is 0.454. The van der Waals surface area contributed by atoms with Gasteiger partial charge in [-0.05, 0) is 42.8 Å². The van der Waals surface area contributed by atoms with E-state index in [9.17, 15) is 4.79 Å². The third kappa shape index (κ3) is 4.64. The Bertz CT molecular complexity index is 1240. The molecule has 0 saturated heterocycles.